The first-order valence-corrected chi connectivity index (χ1v) is 30.6. The molecule has 1 aliphatic heterocycles. The number of ether oxygens (including phenoxy) is 1. The Balaban J connectivity index is 0.00000803. The molecule has 88 heavy (non-hydrogen) atoms. The van der Waals surface area contributed by atoms with E-state index < -0.39 is 13.7 Å². The monoisotopic (exact) mass is 1340 g/mol. The molecule has 1 aliphatic carbocycles. The van der Waals surface area contributed by atoms with Gasteiger partial charge in [0, 0.05) is 52.5 Å². The maximum atomic E-state index is 9.12. The topological polar surface area (TPSA) is 35.9 Å². The molecule has 0 saturated heterocycles. The standard InChI is InChI=1S/C82H78N4O.Pt/c1-50-23-20-24-51(2)75(50)65-31-22-30-64-67-48-70-69(81(12,13)36-37-82(70,14)15)47-66(67)60-27-16-17-28-61(60)68-41-53(52-39-55(79(6,7)8)43-56(40-52)80(9,10)11)42-73-77(68)85(76(64)65)49-84(73)57-25-21-26-58(45-57)87-59-33-34-63-62-29-18-19-32-71(62)86(72(63)46-59)74-44-54(35-38-83-74)78(3,4)5;/h16-35,38-44,47-48H,36-37H2,1-15H3;/q-2;/i1D3,2D3;. The van der Waals surface area contributed by atoms with Crippen molar-refractivity contribution in [3.8, 4) is 84.3 Å². The second-order valence-corrected chi connectivity index (χ2v) is 28.7. The van der Waals surface area contributed by atoms with Gasteiger partial charge in [-0.2, -0.15) is 18.2 Å². The summed E-state index contributed by atoms with van der Waals surface area (Å²) in [7, 11) is 0. The molecule has 0 fully saturated rings. The quantitative estimate of drug-likeness (QED) is 0.123. The minimum Gasteiger partial charge on any atom is -0.510 e. The molecule has 0 saturated carbocycles. The number of imidazole rings is 1. The zero-order valence-corrected chi connectivity index (χ0v) is 54.9. The van der Waals surface area contributed by atoms with Crippen molar-refractivity contribution in [2.75, 3.05) is 0 Å². The van der Waals surface area contributed by atoms with Crippen LogP contribution < -0.4 is 9.30 Å². The van der Waals surface area contributed by atoms with Crippen molar-refractivity contribution >= 4 is 32.8 Å². The van der Waals surface area contributed by atoms with Crippen molar-refractivity contribution < 1.29 is 38.6 Å². The second-order valence-electron chi connectivity index (χ2n) is 28.7. The number of hydrogen-bond donors (Lipinski definition) is 0. The summed E-state index contributed by atoms with van der Waals surface area (Å²) in [4.78, 5) is 4.93. The number of fused-ring (bicyclic) bond motifs is 11. The molecule has 4 heterocycles. The van der Waals surface area contributed by atoms with E-state index in [9.17, 15) is 0 Å². The van der Waals surface area contributed by atoms with E-state index in [1.165, 1.54) is 27.8 Å². The van der Waals surface area contributed by atoms with Gasteiger partial charge in [0.15, 0.2) is 0 Å². The summed E-state index contributed by atoms with van der Waals surface area (Å²) in [6.45, 7) is 24.2. The van der Waals surface area contributed by atoms with Gasteiger partial charge in [-0.25, -0.2) is 4.98 Å². The normalized spacial score (nSPS) is 15.6. The van der Waals surface area contributed by atoms with Crippen LogP contribution in [0, 0.1) is 32.2 Å². The number of nitrogens with zero attached hydrogens (tertiary/aromatic N) is 4. The van der Waals surface area contributed by atoms with Gasteiger partial charge in [0.1, 0.15) is 5.82 Å². The number of hydrogen-bond acceptors (Lipinski definition) is 2. The Bertz CT molecular complexity index is 4990. The van der Waals surface area contributed by atoms with Crippen molar-refractivity contribution in [1.82, 2.24) is 14.1 Å². The molecule has 0 unspecified atom stereocenters. The zero-order valence-electron chi connectivity index (χ0n) is 58.7. The van der Waals surface area contributed by atoms with Gasteiger partial charge < -0.3 is 13.9 Å². The molecule has 6 heteroatoms. The minimum atomic E-state index is -2.70. The zero-order chi connectivity index (χ0) is 65.9. The van der Waals surface area contributed by atoms with E-state index in [-0.39, 0.29) is 64.8 Å². The number of pyridine rings is 1. The van der Waals surface area contributed by atoms with Crippen LogP contribution >= 0.6 is 0 Å². The fourth-order valence-electron chi connectivity index (χ4n) is 13.6. The van der Waals surface area contributed by atoms with Crippen molar-refractivity contribution in [2.45, 2.75) is 144 Å². The van der Waals surface area contributed by atoms with E-state index >= 15 is 0 Å². The average Bonchev–Trinajstić information content (AvgIpc) is 1.41. The van der Waals surface area contributed by atoms with Crippen LogP contribution in [0.1, 0.15) is 150 Å². The predicted molar refractivity (Wildman–Crippen MR) is 362 cm³/mol. The maximum absolute atomic E-state index is 9.12. The Hall–Kier alpha value is -8.11. The SMILES string of the molecule is [2H]C([2H])([2H])c1cccc(C([2H])([2H])[2H])c1-c1cccc2c1-[n+]1[c-]n(-c3[c-]c(Oc4[c-]c5c(cc4)c4ccccc4n5-c4cc(C(C)(C)C)ccn4)ccc3)c3cc(-c4cc(C(C)(C)C)cc(C(C)(C)C)c4)cc(c31)-c1ccccc1-c1cc3c(cc1-2)C(C)(C)CCC3(C)C.[Pt]. The van der Waals surface area contributed by atoms with Crippen LogP contribution in [0.5, 0.6) is 11.5 Å². The van der Waals surface area contributed by atoms with Crippen LogP contribution in [0.15, 0.2) is 176 Å². The molecular formula is C82H78N4OPt-2. The predicted octanol–water partition coefficient (Wildman–Crippen LogP) is 21.1. The fourth-order valence-corrected chi connectivity index (χ4v) is 13.6. The van der Waals surface area contributed by atoms with Gasteiger partial charge in [0.2, 0.25) is 0 Å². The Labute approximate surface area is 543 Å². The third-order valence-electron chi connectivity index (χ3n) is 18.7. The van der Waals surface area contributed by atoms with Crippen molar-refractivity contribution in [3.63, 3.8) is 0 Å². The summed E-state index contributed by atoms with van der Waals surface area (Å²) < 4.78 is 67.9. The third-order valence-corrected chi connectivity index (χ3v) is 18.7. The largest absolute Gasteiger partial charge is 0.510 e. The van der Waals surface area contributed by atoms with Gasteiger partial charge in [-0.1, -0.05) is 205 Å². The minimum absolute atomic E-state index is 0. The summed E-state index contributed by atoms with van der Waals surface area (Å²) in [6.07, 6.45) is 7.82. The molecule has 3 aromatic heterocycles. The first kappa shape index (κ1) is 51.9. The van der Waals surface area contributed by atoms with Gasteiger partial charge in [-0.05, 0) is 190 Å². The van der Waals surface area contributed by atoms with Gasteiger partial charge in [0.25, 0.3) is 6.33 Å². The van der Waals surface area contributed by atoms with Crippen LogP contribution in [-0.4, -0.2) is 14.1 Å². The Kier molecular flexibility index (Phi) is 12.4. The molecule has 0 bridgehead atoms. The molecule has 0 spiro atoms. The summed E-state index contributed by atoms with van der Waals surface area (Å²) in [5.74, 6) is 1.72. The van der Waals surface area contributed by atoms with Crippen LogP contribution in [0.3, 0.4) is 0 Å². The van der Waals surface area contributed by atoms with Gasteiger partial charge >= 0.3 is 0 Å². The molecule has 0 radical (unpaired) electrons. The Morgan fingerprint density at radius 3 is 1.76 bits per heavy atom. The van der Waals surface area contributed by atoms with Gasteiger partial charge in [0.05, 0.1) is 16.7 Å². The van der Waals surface area contributed by atoms with E-state index in [0.717, 1.165) is 96.0 Å². The van der Waals surface area contributed by atoms with Crippen molar-refractivity contribution in [2.24, 2.45) is 0 Å². The van der Waals surface area contributed by atoms with E-state index in [1.54, 1.807) is 18.2 Å². The van der Waals surface area contributed by atoms with Crippen LogP contribution in [0.4, 0.5) is 0 Å². The molecular weight excluding hydrogens is 1250 g/mol. The average molecular weight is 1340 g/mol. The summed E-state index contributed by atoms with van der Waals surface area (Å²) in [6, 6.07) is 65.6. The molecule has 2 aliphatic rings. The van der Waals surface area contributed by atoms with E-state index in [2.05, 4.69) is 227 Å². The Morgan fingerprint density at radius 2 is 1.09 bits per heavy atom. The van der Waals surface area contributed by atoms with E-state index in [0.29, 0.717) is 28.4 Å². The summed E-state index contributed by atoms with van der Waals surface area (Å²) in [5, 5.41) is 2.09. The molecule has 0 atom stereocenters. The number of benzene rings is 9. The second kappa shape index (κ2) is 21.0. The summed E-state index contributed by atoms with van der Waals surface area (Å²) >= 11 is 0. The smallest absolute Gasteiger partial charge is 0.268 e. The fraction of sp³-hybridized carbons (Fsp3) is 0.268. The molecule has 12 aromatic rings. The number of rotatable bonds is 6. The number of para-hydroxylation sites is 2. The first-order chi connectivity index (χ1) is 43.7. The van der Waals surface area contributed by atoms with Gasteiger partial charge in [-0.3, -0.25) is 4.57 Å². The van der Waals surface area contributed by atoms with E-state index in [4.69, 9.17) is 17.9 Å². The van der Waals surface area contributed by atoms with Crippen LogP contribution in [-0.2, 0) is 48.1 Å². The Morgan fingerprint density at radius 1 is 0.511 bits per heavy atom. The summed E-state index contributed by atoms with van der Waals surface area (Å²) in [5.41, 5.74) is 18.1. The van der Waals surface area contributed by atoms with Crippen LogP contribution in [0.2, 0.25) is 0 Å². The maximum Gasteiger partial charge on any atom is 0.268 e. The van der Waals surface area contributed by atoms with Crippen molar-refractivity contribution in [3.05, 3.63) is 233 Å². The third kappa shape index (κ3) is 9.88. The molecule has 444 valence electrons. The first-order valence-electron chi connectivity index (χ1n) is 33.6. The van der Waals surface area contributed by atoms with Crippen LogP contribution in [0.25, 0.3) is 106 Å². The van der Waals surface area contributed by atoms with E-state index in [1.807, 2.05) is 53.2 Å². The van der Waals surface area contributed by atoms with Crippen molar-refractivity contribution in [1.29, 1.82) is 0 Å². The van der Waals surface area contributed by atoms with Gasteiger partial charge in [-0.15, -0.1) is 29.7 Å². The number of aryl methyl sites for hydroxylation is 2. The molecule has 14 rings (SSSR count). The molecule has 9 aromatic carbocycles. The molecule has 0 amide bonds. The molecule has 0 N–H and O–H groups in total. The number of aromatic nitrogens is 4. The molecule has 5 nitrogen and oxygen atoms in total.